The predicted octanol–water partition coefficient (Wildman–Crippen LogP) is 4.03. The van der Waals surface area contributed by atoms with Crippen LogP contribution in [-0.4, -0.2) is 35.1 Å². The van der Waals surface area contributed by atoms with Gasteiger partial charge < -0.3 is 20.3 Å². The molecule has 0 unspecified atom stereocenters. The van der Waals surface area contributed by atoms with Gasteiger partial charge in [0.25, 0.3) is 0 Å². The summed E-state index contributed by atoms with van der Waals surface area (Å²) in [6.45, 7) is 2.67. The van der Waals surface area contributed by atoms with Gasteiger partial charge in [0.05, 0.1) is 6.42 Å². The van der Waals surface area contributed by atoms with Crippen molar-refractivity contribution >= 4 is 28.5 Å². The van der Waals surface area contributed by atoms with Crippen molar-refractivity contribution in [1.82, 2.24) is 10.3 Å². The van der Waals surface area contributed by atoms with Gasteiger partial charge in [-0.3, -0.25) is 9.59 Å². The van der Waals surface area contributed by atoms with Crippen LogP contribution in [0.25, 0.3) is 10.9 Å². The quantitative estimate of drug-likeness (QED) is 0.515. The van der Waals surface area contributed by atoms with Gasteiger partial charge >= 0.3 is 5.97 Å². The highest BCUT2D eigenvalue weighted by atomic mass is 16.4. The lowest BCUT2D eigenvalue weighted by atomic mass is 10.0. The molecule has 1 fully saturated rings. The number of hydrogen-bond acceptors (Lipinski definition) is 3. The van der Waals surface area contributed by atoms with Crippen LogP contribution in [0.4, 0.5) is 5.69 Å². The third-order valence-corrected chi connectivity index (χ3v) is 5.97. The average molecular weight is 420 g/mol. The topological polar surface area (TPSA) is 85.4 Å². The number of anilines is 1. The number of aromatic nitrogens is 1. The molecule has 0 saturated carbocycles. The van der Waals surface area contributed by atoms with Gasteiger partial charge in [0.2, 0.25) is 5.91 Å². The van der Waals surface area contributed by atoms with Crippen molar-refractivity contribution < 1.29 is 14.7 Å². The number of carboxylic acids is 1. The summed E-state index contributed by atoms with van der Waals surface area (Å²) in [5, 5.41) is 13.0. The molecule has 3 N–H and O–H groups in total. The molecule has 2 aromatic carbocycles. The van der Waals surface area contributed by atoms with Crippen LogP contribution >= 0.6 is 0 Å². The number of aryl methyl sites for hydroxylation is 1. The van der Waals surface area contributed by atoms with Crippen LogP contribution in [0.5, 0.6) is 0 Å². The van der Waals surface area contributed by atoms with Gasteiger partial charge in [-0.05, 0) is 60.6 Å². The van der Waals surface area contributed by atoms with Gasteiger partial charge in [-0.1, -0.05) is 24.3 Å². The number of carbonyl (C=O) groups excluding carboxylic acids is 1. The highest BCUT2D eigenvalue weighted by Crippen LogP contribution is 2.24. The van der Waals surface area contributed by atoms with Gasteiger partial charge in [-0.25, -0.2) is 0 Å². The highest BCUT2D eigenvalue weighted by Gasteiger charge is 2.15. The maximum atomic E-state index is 12.6. The molecule has 1 aliphatic heterocycles. The summed E-state index contributed by atoms with van der Waals surface area (Å²) < 4.78 is 0. The molecule has 2 heterocycles. The average Bonchev–Trinajstić information content (AvgIpc) is 3.19. The summed E-state index contributed by atoms with van der Waals surface area (Å²) >= 11 is 0. The molecule has 1 saturated heterocycles. The monoisotopic (exact) mass is 419 g/mol. The summed E-state index contributed by atoms with van der Waals surface area (Å²) in [5.41, 5.74) is 5.22. The van der Waals surface area contributed by atoms with Gasteiger partial charge in [0, 0.05) is 48.8 Å². The van der Waals surface area contributed by atoms with E-state index in [1.54, 1.807) is 0 Å². The van der Waals surface area contributed by atoms with Crippen molar-refractivity contribution in [2.75, 3.05) is 18.0 Å². The lowest BCUT2D eigenvalue weighted by Crippen LogP contribution is -2.31. The van der Waals surface area contributed by atoms with Crippen molar-refractivity contribution in [3.63, 3.8) is 0 Å². The fourth-order valence-corrected chi connectivity index (χ4v) is 4.33. The van der Waals surface area contributed by atoms with Crippen LogP contribution in [-0.2, 0) is 29.0 Å². The van der Waals surface area contributed by atoms with Gasteiger partial charge in [-0.2, -0.15) is 0 Å². The third-order valence-electron chi connectivity index (χ3n) is 5.97. The van der Waals surface area contributed by atoms with Crippen molar-refractivity contribution in [1.29, 1.82) is 0 Å². The number of fused-ring (bicyclic) bond motifs is 1. The summed E-state index contributed by atoms with van der Waals surface area (Å²) in [6, 6.07) is 14.2. The Morgan fingerprint density at radius 1 is 1.03 bits per heavy atom. The Labute approximate surface area is 182 Å². The SMILES string of the molecule is O=C(O)CCc1c[nH]c2ccc(CC(=O)NCc3ccccc3N3CCCCC3)cc12. The Hall–Kier alpha value is -3.28. The molecule has 1 aliphatic rings. The second kappa shape index (κ2) is 9.69. The first kappa shape index (κ1) is 21.0. The number of H-pyrrole nitrogens is 1. The van der Waals surface area contributed by atoms with E-state index in [4.69, 9.17) is 5.11 Å². The zero-order valence-corrected chi connectivity index (χ0v) is 17.7. The number of rotatable bonds is 8. The van der Waals surface area contributed by atoms with Gasteiger partial charge in [0.15, 0.2) is 0 Å². The van der Waals surface area contributed by atoms with Gasteiger partial charge in [0.1, 0.15) is 0 Å². The minimum absolute atomic E-state index is 0.0181. The largest absolute Gasteiger partial charge is 0.481 e. The normalized spacial score (nSPS) is 14.0. The molecule has 1 amide bonds. The van der Waals surface area contributed by atoms with Crippen molar-refractivity contribution in [2.24, 2.45) is 0 Å². The van der Waals surface area contributed by atoms with Crippen molar-refractivity contribution in [3.8, 4) is 0 Å². The van der Waals surface area contributed by atoms with Crippen LogP contribution in [0.15, 0.2) is 48.7 Å². The van der Waals surface area contributed by atoms with Crippen LogP contribution in [0.1, 0.15) is 42.4 Å². The van der Waals surface area contributed by atoms with Crippen LogP contribution in [0, 0.1) is 0 Å². The van der Waals surface area contributed by atoms with E-state index in [9.17, 15) is 9.59 Å². The van der Waals surface area contributed by atoms with Crippen molar-refractivity contribution in [3.05, 3.63) is 65.4 Å². The van der Waals surface area contributed by atoms with E-state index in [0.29, 0.717) is 19.4 Å². The third kappa shape index (κ3) is 5.26. The number of aliphatic carboxylic acids is 1. The number of para-hydroxylation sites is 1. The van der Waals surface area contributed by atoms with E-state index in [0.717, 1.165) is 40.7 Å². The second-order valence-electron chi connectivity index (χ2n) is 8.22. The molecule has 0 bridgehead atoms. The number of carbonyl (C=O) groups is 2. The van der Waals surface area contributed by atoms with Crippen LogP contribution < -0.4 is 10.2 Å². The number of nitrogens with one attached hydrogen (secondary N) is 2. The Morgan fingerprint density at radius 2 is 1.84 bits per heavy atom. The Bertz CT molecular complexity index is 1070. The molecule has 0 atom stereocenters. The lowest BCUT2D eigenvalue weighted by molar-refractivity contribution is -0.137. The summed E-state index contributed by atoms with van der Waals surface area (Å²) in [6.07, 6.45) is 6.44. The lowest BCUT2D eigenvalue weighted by Gasteiger charge is -2.30. The molecule has 162 valence electrons. The Balaban J connectivity index is 1.40. The molecule has 0 spiro atoms. The molecule has 3 aromatic rings. The van der Waals surface area contributed by atoms with Crippen LogP contribution in [0.3, 0.4) is 0 Å². The molecule has 1 aromatic heterocycles. The van der Waals surface area contributed by atoms with E-state index in [1.807, 2.05) is 30.5 Å². The maximum Gasteiger partial charge on any atom is 0.303 e. The molecule has 31 heavy (non-hydrogen) atoms. The number of nitrogens with zero attached hydrogens (tertiary/aromatic N) is 1. The molecule has 6 heteroatoms. The zero-order valence-electron chi connectivity index (χ0n) is 17.7. The molecule has 4 rings (SSSR count). The van der Waals surface area contributed by atoms with Crippen LogP contribution in [0.2, 0.25) is 0 Å². The van der Waals surface area contributed by atoms with E-state index >= 15 is 0 Å². The fourth-order valence-electron chi connectivity index (χ4n) is 4.33. The molecule has 0 aliphatic carbocycles. The molecule has 6 nitrogen and oxygen atoms in total. The summed E-state index contributed by atoms with van der Waals surface area (Å²) in [7, 11) is 0. The van der Waals surface area contributed by atoms with E-state index in [-0.39, 0.29) is 12.3 Å². The number of piperidine rings is 1. The molecular formula is C25H29N3O3. The minimum atomic E-state index is -0.810. The maximum absolute atomic E-state index is 12.6. The number of aromatic amines is 1. The first-order valence-corrected chi connectivity index (χ1v) is 11.0. The number of amides is 1. The molecule has 0 radical (unpaired) electrons. The first-order valence-electron chi connectivity index (χ1n) is 11.0. The standard InChI is InChI=1S/C25H29N3O3/c29-24(27-17-20-6-2-3-7-23(20)28-12-4-1-5-13-28)15-18-8-10-22-21(14-18)19(16-26-22)9-11-25(30)31/h2-3,6-8,10,14,16,26H,1,4-5,9,11-13,15,17H2,(H,27,29)(H,30,31). The smallest absolute Gasteiger partial charge is 0.303 e. The van der Waals surface area contributed by atoms with E-state index in [1.165, 1.54) is 24.9 Å². The number of carboxylic acid groups (broad SMARTS) is 1. The summed E-state index contributed by atoms with van der Waals surface area (Å²) in [4.78, 5) is 29.1. The zero-order chi connectivity index (χ0) is 21.6. The Kier molecular flexibility index (Phi) is 6.55. The van der Waals surface area contributed by atoms with E-state index in [2.05, 4.69) is 33.4 Å². The minimum Gasteiger partial charge on any atom is -0.481 e. The fraction of sp³-hybridized carbons (Fsp3) is 0.360. The number of benzene rings is 2. The predicted molar refractivity (Wildman–Crippen MR) is 122 cm³/mol. The highest BCUT2D eigenvalue weighted by molar-refractivity contribution is 5.86. The van der Waals surface area contributed by atoms with E-state index < -0.39 is 5.97 Å². The van der Waals surface area contributed by atoms with Crippen molar-refractivity contribution in [2.45, 2.75) is 45.1 Å². The first-order chi connectivity index (χ1) is 15.1. The Morgan fingerprint density at radius 3 is 2.65 bits per heavy atom. The molecular weight excluding hydrogens is 390 g/mol. The van der Waals surface area contributed by atoms with Gasteiger partial charge in [-0.15, -0.1) is 0 Å². The summed E-state index contributed by atoms with van der Waals surface area (Å²) in [5.74, 6) is -0.829. The number of hydrogen-bond donors (Lipinski definition) is 3. The second-order valence-corrected chi connectivity index (χ2v) is 8.22.